The molecule has 0 aliphatic heterocycles. The molecule has 94 valence electrons. The Balaban J connectivity index is 1.85. The maximum absolute atomic E-state index is 8.86. The van der Waals surface area contributed by atoms with Gasteiger partial charge in [0, 0.05) is 6.61 Å². The average Bonchev–Trinajstić information content (AvgIpc) is 2.76. The molecule has 2 nitrogen and oxygen atoms in total. The third-order valence-corrected chi connectivity index (χ3v) is 3.54. The van der Waals surface area contributed by atoms with Gasteiger partial charge in [-0.15, -0.1) is 0 Å². The molecule has 0 radical (unpaired) electrons. The molecule has 0 saturated heterocycles. The third-order valence-electron chi connectivity index (χ3n) is 3.54. The second-order valence-electron chi connectivity index (χ2n) is 4.83. The summed E-state index contributed by atoms with van der Waals surface area (Å²) in [5.41, 5.74) is 2.88. The minimum absolute atomic E-state index is 0.269. The van der Waals surface area contributed by atoms with Crippen molar-refractivity contribution in [3.8, 4) is 0 Å². The summed E-state index contributed by atoms with van der Waals surface area (Å²) in [6, 6.07) is 8.61. The number of ether oxygens (including phenoxy) is 1. The quantitative estimate of drug-likeness (QED) is 0.820. The first-order chi connectivity index (χ1) is 8.33. The van der Waals surface area contributed by atoms with Crippen molar-refractivity contribution in [3.63, 3.8) is 0 Å². The second kappa shape index (κ2) is 6.18. The lowest BCUT2D eigenvalue weighted by Crippen LogP contribution is -2.22. The third kappa shape index (κ3) is 3.30. The van der Waals surface area contributed by atoms with Crippen LogP contribution in [-0.2, 0) is 17.6 Å². The molecule has 1 N–H and O–H groups in total. The second-order valence-corrected chi connectivity index (χ2v) is 4.83. The van der Waals surface area contributed by atoms with Crippen LogP contribution >= 0.6 is 0 Å². The Hall–Kier alpha value is -0.860. The van der Waals surface area contributed by atoms with E-state index in [4.69, 9.17) is 9.84 Å². The zero-order chi connectivity index (χ0) is 12.1. The number of benzene rings is 1. The van der Waals surface area contributed by atoms with Gasteiger partial charge in [0.2, 0.25) is 0 Å². The van der Waals surface area contributed by atoms with Gasteiger partial charge < -0.3 is 9.84 Å². The van der Waals surface area contributed by atoms with E-state index in [9.17, 15) is 0 Å². The van der Waals surface area contributed by atoms with Gasteiger partial charge in [0.1, 0.15) is 0 Å². The van der Waals surface area contributed by atoms with Gasteiger partial charge in [-0.1, -0.05) is 31.2 Å². The smallest absolute Gasteiger partial charge is 0.0659 e. The van der Waals surface area contributed by atoms with Crippen molar-refractivity contribution in [2.45, 2.75) is 51.2 Å². The molecular formula is C15H22O2. The molecule has 2 rings (SSSR count). The Kier molecular flexibility index (Phi) is 4.57. The molecule has 1 aromatic rings. The Morgan fingerprint density at radius 1 is 1.29 bits per heavy atom. The number of rotatable bonds is 6. The lowest BCUT2D eigenvalue weighted by Gasteiger charge is -2.20. The number of aliphatic hydroxyl groups is 1. The zero-order valence-corrected chi connectivity index (χ0v) is 10.6. The van der Waals surface area contributed by atoms with Gasteiger partial charge in [0.25, 0.3) is 0 Å². The van der Waals surface area contributed by atoms with Gasteiger partial charge in [-0.2, -0.15) is 0 Å². The van der Waals surface area contributed by atoms with Crippen LogP contribution in [0.3, 0.4) is 0 Å². The van der Waals surface area contributed by atoms with Crippen molar-refractivity contribution < 1.29 is 9.84 Å². The SMILES string of the molecule is CCC(CCCO)OC1Cc2ccccc2C1. The molecule has 1 aromatic carbocycles. The van der Waals surface area contributed by atoms with Crippen molar-refractivity contribution >= 4 is 0 Å². The van der Waals surface area contributed by atoms with Crippen molar-refractivity contribution in [2.24, 2.45) is 0 Å². The molecule has 1 atom stereocenters. The summed E-state index contributed by atoms with van der Waals surface area (Å²) >= 11 is 0. The lowest BCUT2D eigenvalue weighted by atomic mass is 10.1. The standard InChI is InChI=1S/C15H22O2/c1-2-14(8-5-9-16)17-15-10-12-6-3-4-7-13(12)11-15/h3-4,6-7,14-16H,2,5,8-11H2,1H3. The van der Waals surface area contributed by atoms with Crippen molar-refractivity contribution in [1.29, 1.82) is 0 Å². The summed E-state index contributed by atoms with van der Waals surface area (Å²) in [6.45, 7) is 2.43. The summed E-state index contributed by atoms with van der Waals surface area (Å²) in [6.07, 6.45) is 5.60. The summed E-state index contributed by atoms with van der Waals surface area (Å²) < 4.78 is 6.13. The number of fused-ring (bicyclic) bond motifs is 1. The van der Waals surface area contributed by atoms with Crippen LogP contribution in [-0.4, -0.2) is 23.9 Å². The van der Waals surface area contributed by atoms with Crippen LogP contribution in [0, 0.1) is 0 Å². The Morgan fingerprint density at radius 3 is 2.47 bits per heavy atom. The number of hydrogen-bond donors (Lipinski definition) is 1. The molecular weight excluding hydrogens is 212 g/mol. The Morgan fingerprint density at radius 2 is 1.94 bits per heavy atom. The largest absolute Gasteiger partial charge is 0.396 e. The van der Waals surface area contributed by atoms with Crippen LogP contribution in [0.2, 0.25) is 0 Å². The van der Waals surface area contributed by atoms with Crippen LogP contribution < -0.4 is 0 Å². The Bertz CT molecular complexity index is 324. The molecule has 0 aromatic heterocycles. The first-order valence-corrected chi connectivity index (χ1v) is 6.66. The first kappa shape index (κ1) is 12.6. The van der Waals surface area contributed by atoms with Crippen LogP contribution in [0.15, 0.2) is 24.3 Å². The van der Waals surface area contributed by atoms with E-state index in [0.717, 1.165) is 32.1 Å². The predicted octanol–water partition coefficient (Wildman–Crippen LogP) is 2.72. The van der Waals surface area contributed by atoms with Gasteiger partial charge in [0.15, 0.2) is 0 Å². The molecule has 0 saturated carbocycles. The fourth-order valence-corrected chi connectivity index (χ4v) is 2.57. The van der Waals surface area contributed by atoms with Crippen molar-refractivity contribution in [2.75, 3.05) is 6.61 Å². The van der Waals surface area contributed by atoms with E-state index >= 15 is 0 Å². The van der Waals surface area contributed by atoms with E-state index in [2.05, 4.69) is 31.2 Å². The summed E-state index contributed by atoms with van der Waals surface area (Å²) in [5, 5.41) is 8.86. The molecule has 2 heteroatoms. The molecule has 0 fully saturated rings. The maximum Gasteiger partial charge on any atom is 0.0659 e. The fourth-order valence-electron chi connectivity index (χ4n) is 2.57. The average molecular weight is 234 g/mol. The minimum Gasteiger partial charge on any atom is -0.396 e. The van der Waals surface area contributed by atoms with E-state index in [1.807, 2.05) is 0 Å². The Labute approximate surface area is 104 Å². The van der Waals surface area contributed by atoms with E-state index in [1.165, 1.54) is 11.1 Å². The summed E-state index contributed by atoms with van der Waals surface area (Å²) in [4.78, 5) is 0. The van der Waals surface area contributed by atoms with Gasteiger partial charge in [-0.25, -0.2) is 0 Å². The van der Waals surface area contributed by atoms with Gasteiger partial charge in [-0.05, 0) is 43.2 Å². The van der Waals surface area contributed by atoms with Gasteiger partial charge in [-0.3, -0.25) is 0 Å². The number of hydrogen-bond acceptors (Lipinski definition) is 2. The molecule has 1 aliphatic rings. The van der Waals surface area contributed by atoms with E-state index in [0.29, 0.717) is 12.2 Å². The van der Waals surface area contributed by atoms with Crippen LogP contribution in [0.4, 0.5) is 0 Å². The number of aliphatic hydroxyl groups excluding tert-OH is 1. The van der Waals surface area contributed by atoms with E-state index in [-0.39, 0.29) is 6.61 Å². The highest BCUT2D eigenvalue weighted by Crippen LogP contribution is 2.25. The minimum atomic E-state index is 0.269. The fraction of sp³-hybridized carbons (Fsp3) is 0.600. The van der Waals surface area contributed by atoms with Crippen molar-refractivity contribution in [1.82, 2.24) is 0 Å². The van der Waals surface area contributed by atoms with Crippen LogP contribution in [0.5, 0.6) is 0 Å². The first-order valence-electron chi connectivity index (χ1n) is 6.66. The monoisotopic (exact) mass is 234 g/mol. The van der Waals surface area contributed by atoms with E-state index < -0.39 is 0 Å². The highest BCUT2D eigenvalue weighted by molar-refractivity contribution is 5.32. The normalized spacial score (nSPS) is 17.1. The summed E-state index contributed by atoms with van der Waals surface area (Å²) in [7, 11) is 0. The predicted molar refractivity (Wildman–Crippen MR) is 69.1 cm³/mol. The topological polar surface area (TPSA) is 29.5 Å². The van der Waals surface area contributed by atoms with Gasteiger partial charge >= 0.3 is 0 Å². The highest BCUT2D eigenvalue weighted by Gasteiger charge is 2.23. The molecule has 0 bridgehead atoms. The zero-order valence-electron chi connectivity index (χ0n) is 10.6. The highest BCUT2D eigenvalue weighted by atomic mass is 16.5. The summed E-state index contributed by atoms with van der Waals surface area (Å²) in [5.74, 6) is 0. The van der Waals surface area contributed by atoms with Crippen LogP contribution in [0.1, 0.15) is 37.3 Å². The molecule has 0 heterocycles. The van der Waals surface area contributed by atoms with Crippen LogP contribution in [0.25, 0.3) is 0 Å². The lowest BCUT2D eigenvalue weighted by molar-refractivity contribution is -0.0149. The van der Waals surface area contributed by atoms with E-state index in [1.54, 1.807) is 0 Å². The molecule has 1 unspecified atom stereocenters. The molecule has 17 heavy (non-hydrogen) atoms. The van der Waals surface area contributed by atoms with Crippen molar-refractivity contribution in [3.05, 3.63) is 35.4 Å². The molecule has 1 aliphatic carbocycles. The maximum atomic E-state index is 8.86. The van der Waals surface area contributed by atoms with Gasteiger partial charge in [0.05, 0.1) is 12.2 Å². The molecule has 0 spiro atoms. The molecule has 0 amide bonds.